The minimum atomic E-state index is -0.973. The first-order valence-corrected chi connectivity index (χ1v) is 10.2. The van der Waals surface area contributed by atoms with Crippen molar-refractivity contribution in [1.29, 1.82) is 0 Å². The minimum Gasteiger partial charge on any atom is -0.469 e. The van der Waals surface area contributed by atoms with Crippen molar-refractivity contribution in [1.82, 2.24) is 0 Å². The number of fused-ring (bicyclic) bond motifs is 1. The van der Waals surface area contributed by atoms with Crippen molar-refractivity contribution >= 4 is 23.4 Å². The predicted octanol–water partition coefficient (Wildman–Crippen LogP) is 1.21. The van der Waals surface area contributed by atoms with Crippen molar-refractivity contribution in [3.63, 3.8) is 0 Å². The number of hydrogen-bond donors (Lipinski definition) is 2. The first kappa shape index (κ1) is 18.1. The zero-order valence-corrected chi connectivity index (χ0v) is 16.4. The topological polar surface area (TPSA) is 93.1 Å². The lowest BCUT2D eigenvalue weighted by Crippen LogP contribution is -2.69. The van der Waals surface area contributed by atoms with Gasteiger partial charge in [-0.05, 0) is 42.7 Å². The van der Waals surface area contributed by atoms with Crippen molar-refractivity contribution in [2.75, 3.05) is 7.11 Å². The summed E-state index contributed by atoms with van der Waals surface area (Å²) in [7, 11) is 1.37. The summed E-state index contributed by atoms with van der Waals surface area (Å²) >= 11 is 6.60. The fraction of sp³-hybridized carbons (Fsp3) is 0.800. The second-order valence-corrected chi connectivity index (χ2v) is 9.55. The number of aliphatic hydroxyl groups excluding tert-OH is 2. The highest BCUT2D eigenvalue weighted by Gasteiger charge is 2.80. The van der Waals surface area contributed by atoms with E-state index in [4.69, 9.17) is 21.1 Å². The second-order valence-electron chi connectivity index (χ2n) is 9.05. The summed E-state index contributed by atoms with van der Waals surface area (Å²) in [6, 6.07) is 0. The van der Waals surface area contributed by atoms with E-state index in [1.807, 2.05) is 13.8 Å². The predicted molar refractivity (Wildman–Crippen MR) is 94.9 cm³/mol. The van der Waals surface area contributed by atoms with Crippen LogP contribution in [0.1, 0.15) is 33.1 Å². The number of halogens is 1. The third-order valence-corrected chi connectivity index (χ3v) is 9.08. The van der Waals surface area contributed by atoms with Crippen LogP contribution in [0.2, 0.25) is 0 Å². The van der Waals surface area contributed by atoms with Gasteiger partial charge < -0.3 is 19.7 Å². The highest BCUT2D eigenvalue weighted by Crippen LogP contribution is 2.73. The fourth-order valence-electron chi connectivity index (χ4n) is 7.44. The summed E-state index contributed by atoms with van der Waals surface area (Å²) in [5.74, 6) is -1.81. The molecule has 2 heterocycles. The van der Waals surface area contributed by atoms with E-state index in [0.29, 0.717) is 24.8 Å². The lowest BCUT2D eigenvalue weighted by Gasteiger charge is -2.61. The zero-order chi connectivity index (χ0) is 19.5. The Hall–Kier alpha value is -0.950. The zero-order valence-electron chi connectivity index (χ0n) is 15.6. The molecule has 3 saturated carbocycles. The van der Waals surface area contributed by atoms with Gasteiger partial charge in [-0.2, -0.15) is 0 Å². The average Bonchev–Trinajstić information content (AvgIpc) is 3.06. The standard InChI is InChI=1S/C20H25ClO6/c1-7-12-14(23)11-15(24)13(21)8(2)19(18(25)26-3)5-4-9-6-10(22)16(7)27-20(9,12)17(11)19/h8-9,11,13-17,23-24H,4-6H2,1-3H3/t8-,9+,11-,13+,14-,15+,16+,17-,19-,20+/m1/s1. The maximum absolute atomic E-state index is 13.2. The molecule has 0 aromatic heterocycles. The smallest absolute Gasteiger partial charge is 0.312 e. The number of alkyl halides is 1. The molecule has 3 aliphatic carbocycles. The number of methoxy groups -OCH3 is 1. The molecule has 10 atom stereocenters. The van der Waals surface area contributed by atoms with Gasteiger partial charge in [0.15, 0.2) is 5.78 Å². The molecule has 0 unspecified atom stereocenters. The normalized spacial score (nSPS) is 55.6. The van der Waals surface area contributed by atoms with Crippen LogP contribution in [-0.2, 0) is 19.1 Å². The van der Waals surface area contributed by atoms with Gasteiger partial charge in [-0.25, -0.2) is 0 Å². The molecule has 1 spiro atoms. The Bertz CT molecular complexity index is 778. The maximum Gasteiger partial charge on any atom is 0.312 e. The van der Waals surface area contributed by atoms with Crippen molar-refractivity contribution in [3.8, 4) is 0 Å². The van der Waals surface area contributed by atoms with E-state index in [-0.39, 0.29) is 23.6 Å². The molecular formula is C20H25ClO6. The molecule has 0 amide bonds. The molecular weight excluding hydrogens is 372 g/mol. The van der Waals surface area contributed by atoms with Crippen LogP contribution in [0, 0.1) is 29.1 Å². The van der Waals surface area contributed by atoms with Gasteiger partial charge >= 0.3 is 5.97 Å². The Labute approximate surface area is 162 Å². The first-order valence-electron chi connectivity index (χ1n) is 9.73. The summed E-state index contributed by atoms with van der Waals surface area (Å²) in [4.78, 5) is 25.8. The van der Waals surface area contributed by atoms with E-state index < -0.39 is 46.5 Å². The molecule has 2 N–H and O–H groups in total. The van der Waals surface area contributed by atoms with Gasteiger partial charge in [0, 0.05) is 18.3 Å². The van der Waals surface area contributed by atoms with E-state index in [1.54, 1.807) is 0 Å². The molecule has 148 valence electrons. The Morgan fingerprint density at radius 1 is 1.37 bits per heavy atom. The number of ketones is 1. The van der Waals surface area contributed by atoms with Crippen LogP contribution in [0.5, 0.6) is 0 Å². The number of esters is 1. The maximum atomic E-state index is 13.2. The van der Waals surface area contributed by atoms with Crippen LogP contribution in [0.25, 0.3) is 0 Å². The quantitative estimate of drug-likeness (QED) is 0.393. The highest BCUT2D eigenvalue weighted by molar-refractivity contribution is 6.21. The number of carbonyl (C=O) groups excluding carboxylic acids is 2. The van der Waals surface area contributed by atoms with Gasteiger partial charge in [0.2, 0.25) is 0 Å². The lowest BCUT2D eigenvalue weighted by molar-refractivity contribution is -0.231. The Morgan fingerprint density at radius 2 is 2.07 bits per heavy atom. The molecule has 1 saturated heterocycles. The third-order valence-electron chi connectivity index (χ3n) is 8.44. The number of rotatable bonds is 1. The first-order chi connectivity index (χ1) is 12.7. The molecule has 2 bridgehead atoms. The molecule has 4 fully saturated rings. The van der Waals surface area contributed by atoms with E-state index in [0.717, 1.165) is 5.57 Å². The summed E-state index contributed by atoms with van der Waals surface area (Å²) in [6.45, 7) is 3.71. The number of hydrogen-bond acceptors (Lipinski definition) is 6. The van der Waals surface area contributed by atoms with E-state index in [9.17, 15) is 19.8 Å². The lowest BCUT2D eigenvalue weighted by atomic mass is 9.46. The summed E-state index contributed by atoms with van der Waals surface area (Å²) in [6.07, 6.45) is -1.05. The van der Waals surface area contributed by atoms with E-state index >= 15 is 0 Å². The number of Topliss-reactive ketones (excluding diaryl/α,β-unsaturated/α-hetero) is 1. The Balaban J connectivity index is 1.80. The van der Waals surface area contributed by atoms with Crippen molar-refractivity contribution in [2.24, 2.45) is 29.1 Å². The van der Waals surface area contributed by atoms with Crippen LogP contribution < -0.4 is 0 Å². The highest BCUT2D eigenvalue weighted by atomic mass is 35.5. The van der Waals surface area contributed by atoms with Crippen LogP contribution in [-0.4, -0.2) is 58.4 Å². The molecule has 6 nitrogen and oxygen atoms in total. The third kappa shape index (κ3) is 1.72. The van der Waals surface area contributed by atoms with Gasteiger partial charge in [-0.3, -0.25) is 9.59 Å². The van der Waals surface area contributed by atoms with Gasteiger partial charge in [0.1, 0.15) is 11.7 Å². The van der Waals surface area contributed by atoms with Gasteiger partial charge in [-0.15, -0.1) is 11.6 Å². The number of aliphatic hydroxyl groups is 2. The Morgan fingerprint density at radius 3 is 2.74 bits per heavy atom. The molecule has 5 rings (SSSR count). The molecule has 0 aromatic rings. The minimum absolute atomic E-state index is 0.0407. The molecule has 0 aromatic carbocycles. The van der Waals surface area contributed by atoms with Gasteiger partial charge in [0.05, 0.1) is 30.1 Å². The SMILES string of the molecule is COC(=O)[C@]12CC[C@H]3CC(=O)[C@H]4O[C@]35C(=C4C)[C@H](O)[C@H]([C@H](O)[C@@H](Cl)[C@H]1C)[C@H]25. The van der Waals surface area contributed by atoms with E-state index in [2.05, 4.69) is 0 Å². The van der Waals surface area contributed by atoms with Crippen molar-refractivity contribution < 1.29 is 29.3 Å². The molecule has 5 aliphatic rings. The summed E-state index contributed by atoms with van der Waals surface area (Å²) in [5, 5.41) is 21.6. The second kappa shape index (κ2) is 5.35. The van der Waals surface area contributed by atoms with Gasteiger partial charge in [0.25, 0.3) is 0 Å². The number of carbonyl (C=O) groups is 2. The van der Waals surface area contributed by atoms with Crippen LogP contribution in [0.4, 0.5) is 0 Å². The summed E-state index contributed by atoms with van der Waals surface area (Å²) in [5.41, 5.74) is -0.370. The van der Waals surface area contributed by atoms with Crippen LogP contribution >= 0.6 is 11.6 Å². The van der Waals surface area contributed by atoms with E-state index in [1.165, 1.54) is 7.11 Å². The van der Waals surface area contributed by atoms with Gasteiger partial charge in [-0.1, -0.05) is 6.92 Å². The largest absolute Gasteiger partial charge is 0.469 e. The van der Waals surface area contributed by atoms with Crippen LogP contribution in [0.15, 0.2) is 11.1 Å². The molecule has 2 aliphatic heterocycles. The summed E-state index contributed by atoms with van der Waals surface area (Å²) < 4.78 is 11.7. The Kier molecular flexibility index (Phi) is 3.59. The molecule has 0 radical (unpaired) electrons. The van der Waals surface area contributed by atoms with Crippen LogP contribution in [0.3, 0.4) is 0 Å². The number of ether oxygens (including phenoxy) is 2. The fourth-order valence-corrected chi connectivity index (χ4v) is 7.84. The van der Waals surface area contributed by atoms with Crippen molar-refractivity contribution in [2.45, 2.75) is 62.4 Å². The monoisotopic (exact) mass is 396 g/mol. The average molecular weight is 397 g/mol. The molecule has 7 heteroatoms. The van der Waals surface area contributed by atoms with Crippen molar-refractivity contribution in [3.05, 3.63) is 11.1 Å². The molecule has 27 heavy (non-hydrogen) atoms.